The number of carbonyl (C=O) groups excluding carboxylic acids is 2. The van der Waals surface area contributed by atoms with Crippen LogP contribution in [0, 0.1) is 13.8 Å². The molecular weight excluding hydrogens is 368 g/mol. The molecule has 154 valence electrons. The normalized spacial score (nSPS) is 11.3. The summed E-state index contributed by atoms with van der Waals surface area (Å²) in [5.41, 5.74) is 2.77. The van der Waals surface area contributed by atoms with Gasteiger partial charge in [-0.05, 0) is 77.5 Å². The van der Waals surface area contributed by atoms with Crippen molar-refractivity contribution in [3.63, 3.8) is 0 Å². The second-order valence-electron chi connectivity index (χ2n) is 7.45. The van der Waals surface area contributed by atoms with Crippen LogP contribution in [0.4, 0.5) is 0 Å². The highest BCUT2D eigenvalue weighted by Gasteiger charge is 2.21. The molecule has 0 atom stereocenters. The van der Waals surface area contributed by atoms with Crippen LogP contribution in [0.2, 0.25) is 0 Å². The van der Waals surface area contributed by atoms with Gasteiger partial charge in [-0.3, -0.25) is 4.79 Å². The first-order valence-electron chi connectivity index (χ1n) is 9.64. The van der Waals surface area contributed by atoms with Gasteiger partial charge in [0.15, 0.2) is 5.78 Å². The Morgan fingerprint density at radius 3 is 2.28 bits per heavy atom. The molecule has 2 aromatic rings. The molecule has 1 N–H and O–H groups in total. The standard InChI is InChI=1S/C24H28O5/c1-14(2)28-23-17(6)22(24(27)29-15(3)4)16(5)13-18(23)11-12-21(26)19-9-7-8-10-20(19)25/h7-15,25H,1-6H3. The SMILES string of the molecule is Cc1cc(C=CC(=O)c2ccccc2O)c(OC(C)C)c(C)c1C(=O)OC(C)C. The first kappa shape index (κ1) is 22.2. The number of phenols is 1. The van der Waals surface area contributed by atoms with Crippen LogP contribution >= 0.6 is 0 Å². The van der Waals surface area contributed by atoms with E-state index in [1.54, 1.807) is 44.2 Å². The van der Waals surface area contributed by atoms with Crippen molar-refractivity contribution in [1.82, 2.24) is 0 Å². The van der Waals surface area contributed by atoms with E-state index in [4.69, 9.17) is 9.47 Å². The number of carbonyl (C=O) groups is 2. The number of allylic oxidation sites excluding steroid dienone is 1. The van der Waals surface area contributed by atoms with Gasteiger partial charge < -0.3 is 14.6 Å². The fourth-order valence-corrected chi connectivity index (χ4v) is 3.04. The third kappa shape index (κ3) is 5.47. The fraction of sp³-hybridized carbons (Fsp3) is 0.333. The average Bonchev–Trinajstić information content (AvgIpc) is 2.61. The van der Waals surface area contributed by atoms with Crippen molar-refractivity contribution < 1.29 is 24.2 Å². The predicted octanol–water partition coefficient (Wildman–Crippen LogP) is 5.26. The highest BCUT2D eigenvalue weighted by Crippen LogP contribution is 2.32. The Bertz CT molecular complexity index is 939. The van der Waals surface area contributed by atoms with Crippen LogP contribution in [-0.2, 0) is 4.74 Å². The number of benzene rings is 2. The van der Waals surface area contributed by atoms with Crippen molar-refractivity contribution in [2.75, 3.05) is 0 Å². The Hall–Kier alpha value is -3.08. The van der Waals surface area contributed by atoms with Gasteiger partial charge in [0, 0.05) is 11.1 Å². The van der Waals surface area contributed by atoms with Crippen LogP contribution in [0.1, 0.15) is 65.1 Å². The number of phenolic OH excluding ortho intramolecular Hbond substituents is 1. The van der Waals surface area contributed by atoms with E-state index in [0.29, 0.717) is 22.4 Å². The molecule has 0 spiro atoms. The van der Waals surface area contributed by atoms with Crippen LogP contribution in [0.5, 0.6) is 11.5 Å². The van der Waals surface area contributed by atoms with Gasteiger partial charge in [-0.25, -0.2) is 4.79 Å². The van der Waals surface area contributed by atoms with Crippen molar-refractivity contribution in [1.29, 1.82) is 0 Å². The molecule has 5 nitrogen and oxygen atoms in total. The van der Waals surface area contributed by atoms with Gasteiger partial charge in [-0.2, -0.15) is 0 Å². The van der Waals surface area contributed by atoms with E-state index in [1.807, 2.05) is 27.7 Å². The highest BCUT2D eigenvalue weighted by molar-refractivity contribution is 6.08. The monoisotopic (exact) mass is 396 g/mol. The van der Waals surface area contributed by atoms with E-state index >= 15 is 0 Å². The average molecular weight is 396 g/mol. The molecule has 2 rings (SSSR count). The van der Waals surface area contributed by atoms with Gasteiger partial charge in [0.25, 0.3) is 0 Å². The number of hydrogen-bond donors (Lipinski definition) is 1. The predicted molar refractivity (Wildman–Crippen MR) is 114 cm³/mol. The summed E-state index contributed by atoms with van der Waals surface area (Å²) in [6.45, 7) is 11.0. The second-order valence-corrected chi connectivity index (χ2v) is 7.45. The number of ketones is 1. The minimum atomic E-state index is -0.399. The lowest BCUT2D eigenvalue weighted by Gasteiger charge is -2.20. The van der Waals surface area contributed by atoms with Crippen molar-refractivity contribution >= 4 is 17.8 Å². The molecule has 2 aromatic carbocycles. The van der Waals surface area contributed by atoms with Crippen LogP contribution in [-0.4, -0.2) is 29.1 Å². The molecule has 0 aliphatic rings. The van der Waals surface area contributed by atoms with E-state index in [9.17, 15) is 14.7 Å². The molecule has 0 radical (unpaired) electrons. The van der Waals surface area contributed by atoms with Crippen molar-refractivity contribution in [2.24, 2.45) is 0 Å². The van der Waals surface area contributed by atoms with Gasteiger partial charge >= 0.3 is 5.97 Å². The summed E-state index contributed by atoms with van der Waals surface area (Å²) in [5, 5.41) is 9.88. The van der Waals surface area contributed by atoms with Crippen LogP contribution in [0.25, 0.3) is 6.08 Å². The van der Waals surface area contributed by atoms with E-state index in [2.05, 4.69) is 0 Å². The lowest BCUT2D eigenvalue weighted by molar-refractivity contribution is 0.0375. The van der Waals surface area contributed by atoms with Crippen LogP contribution < -0.4 is 4.74 Å². The maximum Gasteiger partial charge on any atom is 0.339 e. The van der Waals surface area contributed by atoms with Gasteiger partial charge in [-0.1, -0.05) is 12.1 Å². The van der Waals surface area contributed by atoms with Crippen molar-refractivity contribution in [3.05, 3.63) is 64.2 Å². The summed E-state index contributed by atoms with van der Waals surface area (Å²) in [5.74, 6) is -0.260. The number of aromatic hydroxyl groups is 1. The smallest absolute Gasteiger partial charge is 0.339 e. The molecule has 0 aliphatic carbocycles. The largest absolute Gasteiger partial charge is 0.507 e. The molecule has 0 saturated heterocycles. The molecule has 0 bridgehead atoms. The summed E-state index contributed by atoms with van der Waals surface area (Å²) in [6, 6.07) is 8.19. The number of esters is 1. The molecule has 0 amide bonds. The summed E-state index contributed by atoms with van der Waals surface area (Å²) in [6.07, 6.45) is 2.69. The third-order valence-electron chi connectivity index (χ3n) is 4.23. The number of para-hydroxylation sites is 1. The summed E-state index contributed by atoms with van der Waals surface area (Å²) >= 11 is 0. The van der Waals surface area contributed by atoms with E-state index < -0.39 is 5.97 Å². The van der Waals surface area contributed by atoms with Crippen LogP contribution in [0.3, 0.4) is 0 Å². The Balaban J connectivity index is 2.49. The maximum absolute atomic E-state index is 12.6. The number of aryl methyl sites for hydroxylation is 1. The quantitative estimate of drug-likeness (QED) is 0.393. The lowest BCUT2D eigenvalue weighted by atomic mass is 9.96. The molecule has 29 heavy (non-hydrogen) atoms. The Kier molecular flexibility index (Phi) is 7.21. The Morgan fingerprint density at radius 2 is 1.69 bits per heavy atom. The molecule has 0 aromatic heterocycles. The first-order valence-corrected chi connectivity index (χ1v) is 9.64. The molecular formula is C24H28O5. The summed E-state index contributed by atoms with van der Waals surface area (Å²) in [4.78, 5) is 25.0. The zero-order valence-electron chi connectivity index (χ0n) is 17.8. The first-order chi connectivity index (χ1) is 13.6. The second kappa shape index (κ2) is 9.41. The van der Waals surface area contributed by atoms with Crippen molar-refractivity contribution in [2.45, 2.75) is 53.8 Å². The molecule has 5 heteroatoms. The zero-order chi connectivity index (χ0) is 21.7. The van der Waals surface area contributed by atoms with Gasteiger partial charge in [0.1, 0.15) is 11.5 Å². The molecule has 0 heterocycles. The number of ether oxygens (including phenoxy) is 2. The topological polar surface area (TPSA) is 72.8 Å². The van der Waals surface area contributed by atoms with Crippen LogP contribution in [0.15, 0.2) is 36.4 Å². The summed E-state index contributed by atoms with van der Waals surface area (Å²) < 4.78 is 11.3. The van der Waals surface area contributed by atoms with E-state index in [-0.39, 0.29) is 29.3 Å². The minimum Gasteiger partial charge on any atom is -0.507 e. The minimum absolute atomic E-state index is 0.0695. The van der Waals surface area contributed by atoms with Crippen molar-refractivity contribution in [3.8, 4) is 11.5 Å². The van der Waals surface area contributed by atoms with Gasteiger partial charge in [0.05, 0.1) is 23.3 Å². The van der Waals surface area contributed by atoms with Gasteiger partial charge in [0.2, 0.25) is 0 Å². The fourth-order valence-electron chi connectivity index (χ4n) is 3.04. The summed E-state index contributed by atoms with van der Waals surface area (Å²) in [7, 11) is 0. The Labute approximate surface area is 172 Å². The highest BCUT2D eigenvalue weighted by atomic mass is 16.5. The molecule has 0 aliphatic heterocycles. The number of hydrogen-bond acceptors (Lipinski definition) is 5. The molecule has 0 fully saturated rings. The molecule has 0 unspecified atom stereocenters. The van der Waals surface area contributed by atoms with Gasteiger partial charge in [-0.15, -0.1) is 0 Å². The Morgan fingerprint density at radius 1 is 1.03 bits per heavy atom. The maximum atomic E-state index is 12.6. The van der Waals surface area contributed by atoms with E-state index in [1.165, 1.54) is 12.1 Å². The lowest BCUT2D eigenvalue weighted by Crippen LogP contribution is -2.16. The molecule has 0 saturated carbocycles. The zero-order valence-corrected chi connectivity index (χ0v) is 17.8. The number of rotatable bonds is 7. The third-order valence-corrected chi connectivity index (χ3v) is 4.23. The van der Waals surface area contributed by atoms with E-state index in [0.717, 1.165) is 5.56 Å².